The number of nitrogens with one attached hydrogen (secondary N) is 1. The molecule has 3 N–H and O–H groups in total. The van der Waals surface area contributed by atoms with Crippen molar-refractivity contribution in [3.8, 4) is 0 Å². The maximum absolute atomic E-state index is 5.28. The van der Waals surface area contributed by atoms with Gasteiger partial charge in [-0.15, -0.1) is 0 Å². The predicted molar refractivity (Wildman–Crippen MR) is 46.5 cm³/mol. The first kappa shape index (κ1) is 8.24. The van der Waals surface area contributed by atoms with Gasteiger partial charge in [-0.3, -0.25) is 0 Å². The van der Waals surface area contributed by atoms with E-state index < -0.39 is 0 Å². The molecule has 1 aliphatic rings. The van der Waals surface area contributed by atoms with Crippen molar-refractivity contribution in [1.82, 2.24) is 0 Å². The van der Waals surface area contributed by atoms with Gasteiger partial charge in [0.15, 0.2) is 6.21 Å². The first-order chi connectivity index (χ1) is 5.29. The lowest BCUT2D eigenvalue weighted by atomic mass is 9.98. The van der Waals surface area contributed by atoms with E-state index in [0.717, 1.165) is 12.1 Å². The Hall–Kier alpha value is -0.860. The molecule has 0 atom stereocenters. The summed E-state index contributed by atoms with van der Waals surface area (Å²) >= 11 is 0. The molecule has 1 fully saturated rings. The van der Waals surface area contributed by atoms with Crippen LogP contribution in [0.4, 0.5) is 0 Å². The van der Waals surface area contributed by atoms with Crippen molar-refractivity contribution in [1.29, 1.82) is 0 Å². The molecule has 1 aliphatic carbocycles. The second-order valence-corrected chi connectivity index (χ2v) is 3.08. The molecule has 0 amide bonds. The molecular weight excluding hydrogens is 138 g/mol. The lowest BCUT2D eigenvalue weighted by Gasteiger charge is -2.07. The van der Waals surface area contributed by atoms with Gasteiger partial charge in [0.2, 0.25) is 0 Å². The van der Waals surface area contributed by atoms with Crippen LogP contribution >= 0.6 is 0 Å². The number of hydrogen-bond acceptors (Lipinski definition) is 2. The Bertz CT molecular complexity index is 190. The standard InChI is InChI=1S/C8H15N3/c1-3-8(4-5-8)7(11-9)6-10-2/h6H,3-5,9H2,1-2H3/p+1. The minimum atomic E-state index is 0.317. The average molecular weight is 154 g/mol. The van der Waals surface area contributed by atoms with E-state index in [9.17, 15) is 0 Å². The molecule has 0 aliphatic heterocycles. The van der Waals surface area contributed by atoms with E-state index >= 15 is 0 Å². The fourth-order valence-electron chi connectivity index (χ4n) is 1.41. The van der Waals surface area contributed by atoms with Gasteiger partial charge >= 0.3 is 0 Å². The van der Waals surface area contributed by atoms with E-state index in [1.54, 1.807) is 0 Å². The van der Waals surface area contributed by atoms with Gasteiger partial charge in [-0.2, -0.15) is 5.10 Å². The highest BCUT2D eigenvalue weighted by Gasteiger charge is 2.46. The lowest BCUT2D eigenvalue weighted by molar-refractivity contribution is -0.412. The number of nitrogens with two attached hydrogens (primary N) is 1. The van der Waals surface area contributed by atoms with Crippen molar-refractivity contribution < 1.29 is 4.99 Å². The Labute approximate surface area is 67.4 Å². The van der Waals surface area contributed by atoms with Crippen LogP contribution in [0, 0.1) is 5.41 Å². The Balaban J connectivity index is 2.70. The topological polar surface area (TPSA) is 52.3 Å². The van der Waals surface area contributed by atoms with Gasteiger partial charge in [0, 0.05) is 5.41 Å². The smallest absolute Gasteiger partial charge is 0.185 e. The van der Waals surface area contributed by atoms with E-state index in [4.69, 9.17) is 5.84 Å². The van der Waals surface area contributed by atoms with Crippen LogP contribution in [0.5, 0.6) is 0 Å². The highest BCUT2D eigenvalue weighted by Crippen LogP contribution is 2.49. The molecule has 0 aromatic carbocycles. The highest BCUT2D eigenvalue weighted by molar-refractivity contribution is 6.31. The molecule has 1 rings (SSSR count). The maximum atomic E-state index is 5.28. The predicted octanol–water partition coefficient (Wildman–Crippen LogP) is -0.727. The molecule has 11 heavy (non-hydrogen) atoms. The van der Waals surface area contributed by atoms with Crippen molar-refractivity contribution in [3.05, 3.63) is 0 Å². The Morgan fingerprint density at radius 2 is 2.36 bits per heavy atom. The van der Waals surface area contributed by atoms with Gasteiger partial charge < -0.3 is 5.84 Å². The zero-order valence-electron chi connectivity index (χ0n) is 7.22. The summed E-state index contributed by atoms with van der Waals surface area (Å²) in [6, 6.07) is 0. The van der Waals surface area contributed by atoms with E-state index in [1.807, 2.05) is 13.3 Å². The van der Waals surface area contributed by atoms with E-state index in [2.05, 4.69) is 17.0 Å². The summed E-state index contributed by atoms with van der Waals surface area (Å²) in [6.45, 7) is 2.18. The van der Waals surface area contributed by atoms with Gasteiger partial charge in [0.05, 0.1) is 0 Å². The van der Waals surface area contributed by atoms with E-state index in [-0.39, 0.29) is 0 Å². The summed E-state index contributed by atoms with van der Waals surface area (Å²) in [4.78, 5) is 2.96. The summed E-state index contributed by atoms with van der Waals surface area (Å²) in [6.07, 6.45) is 5.51. The molecule has 0 radical (unpaired) electrons. The van der Waals surface area contributed by atoms with Crippen molar-refractivity contribution in [2.45, 2.75) is 26.2 Å². The summed E-state index contributed by atoms with van der Waals surface area (Å²) in [5.41, 5.74) is 1.33. The fourth-order valence-corrected chi connectivity index (χ4v) is 1.41. The molecule has 0 spiro atoms. The second-order valence-electron chi connectivity index (χ2n) is 3.08. The van der Waals surface area contributed by atoms with Crippen LogP contribution in [0.15, 0.2) is 5.10 Å². The fraction of sp³-hybridized carbons (Fsp3) is 0.750. The summed E-state index contributed by atoms with van der Waals surface area (Å²) in [5, 5.41) is 3.78. The molecule has 0 aromatic rings. The summed E-state index contributed by atoms with van der Waals surface area (Å²) in [7, 11) is 1.87. The Kier molecular flexibility index (Phi) is 2.27. The van der Waals surface area contributed by atoms with Gasteiger partial charge in [0.25, 0.3) is 0 Å². The largest absolute Gasteiger partial charge is 0.323 e. The van der Waals surface area contributed by atoms with Gasteiger partial charge in [-0.1, -0.05) is 6.92 Å². The molecule has 0 aromatic heterocycles. The summed E-state index contributed by atoms with van der Waals surface area (Å²) in [5.74, 6) is 5.28. The van der Waals surface area contributed by atoms with Crippen LogP contribution in [0.1, 0.15) is 26.2 Å². The van der Waals surface area contributed by atoms with Crippen LogP contribution in [0.25, 0.3) is 0 Å². The zero-order valence-corrected chi connectivity index (χ0v) is 7.22. The van der Waals surface area contributed by atoms with Crippen LogP contribution in [-0.2, 0) is 0 Å². The third-order valence-electron chi connectivity index (χ3n) is 2.49. The first-order valence-corrected chi connectivity index (χ1v) is 4.08. The minimum Gasteiger partial charge on any atom is -0.323 e. The molecule has 1 saturated carbocycles. The SMILES string of the molecule is CCC1(C(C=[NH+]C)=NN)CC1. The number of hydrogen-bond donors (Lipinski definition) is 2. The molecule has 0 saturated heterocycles. The average Bonchev–Trinajstić information content (AvgIpc) is 2.81. The van der Waals surface area contributed by atoms with Crippen molar-refractivity contribution in [3.63, 3.8) is 0 Å². The van der Waals surface area contributed by atoms with Crippen molar-refractivity contribution >= 4 is 11.9 Å². The molecule has 0 unspecified atom stereocenters. The molecule has 0 bridgehead atoms. The molecule has 0 heterocycles. The second kappa shape index (κ2) is 3.03. The van der Waals surface area contributed by atoms with E-state index in [1.165, 1.54) is 12.8 Å². The Morgan fingerprint density at radius 3 is 2.64 bits per heavy atom. The van der Waals surface area contributed by atoms with E-state index in [0.29, 0.717) is 5.41 Å². The first-order valence-electron chi connectivity index (χ1n) is 4.08. The number of hydrazone groups is 1. The van der Waals surface area contributed by atoms with Crippen molar-refractivity contribution in [2.24, 2.45) is 16.4 Å². The monoisotopic (exact) mass is 154 g/mol. The number of nitrogens with zero attached hydrogens (tertiary/aromatic N) is 1. The Morgan fingerprint density at radius 1 is 1.73 bits per heavy atom. The molecule has 62 valence electrons. The zero-order chi connectivity index (χ0) is 8.32. The third kappa shape index (κ3) is 1.42. The minimum absolute atomic E-state index is 0.317. The maximum Gasteiger partial charge on any atom is 0.185 e. The molecular formula is C8H16N3+. The molecule has 3 nitrogen and oxygen atoms in total. The van der Waals surface area contributed by atoms with Crippen LogP contribution in [-0.4, -0.2) is 19.0 Å². The summed E-state index contributed by atoms with van der Waals surface area (Å²) < 4.78 is 0. The van der Waals surface area contributed by atoms with Gasteiger partial charge in [0.1, 0.15) is 12.8 Å². The van der Waals surface area contributed by atoms with Crippen LogP contribution < -0.4 is 10.8 Å². The molecule has 3 heteroatoms. The highest BCUT2D eigenvalue weighted by atomic mass is 15.1. The van der Waals surface area contributed by atoms with Crippen molar-refractivity contribution in [2.75, 3.05) is 7.05 Å². The van der Waals surface area contributed by atoms with Crippen LogP contribution in [0.3, 0.4) is 0 Å². The normalized spacial score (nSPS) is 22.5. The third-order valence-corrected chi connectivity index (χ3v) is 2.49. The van der Waals surface area contributed by atoms with Crippen LogP contribution in [0.2, 0.25) is 0 Å². The lowest BCUT2D eigenvalue weighted by Crippen LogP contribution is -2.65. The van der Waals surface area contributed by atoms with Gasteiger partial charge in [-0.25, -0.2) is 4.99 Å². The quantitative estimate of drug-likeness (QED) is 0.314. The van der Waals surface area contributed by atoms with Gasteiger partial charge in [-0.05, 0) is 19.3 Å². The number of rotatable bonds is 3.